The van der Waals surface area contributed by atoms with Gasteiger partial charge in [-0.25, -0.2) is 0 Å². The lowest BCUT2D eigenvalue weighted by Crippen LogP contribution is -2.34. The minimum absolute atomic E-state index is 0. The van der Waals surface area contributed by atoms with Crippen molar-refractivity contribution >= 4 is 47.2 Å². The molecule has 0 aliphatic heterocycles. The molecule has 0 unspecified atom stereocenters. The average molecular weight is 410 g/mol. The molecule has 1 rings (SSSR count). The predicted molar refractivity (Wildman–Crippen MR) is 96.0 cm³/mol. The minimum Gasteiger partial charge on any atom is -0.370 e. The van der Waals surface area contributed by atoms with Crippen LogP contribution in [-0.2, 0) is 0 Å². The van der Waals surface area contributed by atoms with Gasteiger partial charge in [0.15, 0.2) is 5.96 Å². The zero-order chi connectivity index (χ0) is 14.1. The third-order valence-electron chi connectivity index (χ3n) is 2.32. The van der Waals surface area contributed by atoms with Gasteiger partial charge < -0.3 is 16.4 Å². The number of rotatable bonds is 7. The molecule has 0 saturated carbocycles. The van der Waals surface area contributed by atoms with Gasteiger partial charge in [0.2, 0.25) is 0 Å². The third-order valence-corrected chi connectivity index (χ3v) is 3.19. The Hall–Kier alpha value is -0.830. The molecular weight excluding hydrogens is 387 g/mol. The van der Waals surface area contributed by atoms with Gasteiger partial charge in [0, 0.05) is 19.6 Å². The Balaban J connectivity index is 0.00000361. The van der Waals surface area contributed by atoms with Crippen LogP contribution in [0.25, 0.3) is 0 Å². The standard InChI is InChI=1S/C13H22N4OS.HI/c1-10(2)9-17-13(14)16-7-4-6-15-12(18)11-5-3-8-19-11;/h3,5,8,10H,4,6-7,9H2,1-2H3,(H,15,18)(H3,14,16,17);1H. The fourth-order valence-corrected chi connectivity index (χ4v) is 1.98. The Labute approximate surface area is 141 Å². The molecule has 0 radical (unpaired) electrons. The minimum atomic E-state index is -0.0172. The van der Waals surface area contributed by atoms with Crippen LogP contribution in [0.15, 0.2) is 22.5 Å². The molecule has 1 heterocycles. The number of hydrogen-bond acceptors (Lipinski definition) is 3. The highest BCUT2D eigenvalue weighted by Crippen LogP contribution is 2.07. The van der Waals surface area contributed by atoms with Crippen molar-refractivity contribution in [2.45, 2.75) is 20.3 Å². The van der Waals surface area contributed by atoms with Crippen LogP contribution >= 0.6 is 35.3 Å². The van der Waals surface area contributed by atoms with E-state index in [0.717, 1.165) is 17.8 Å². The highest BCUT2D eigenvalue weighted by molar-refractivity contribution is 14.0. The van der Waals surface area contributed by atoms with E-state index in [1.807, 2.05) is 17.5 Å². The fourth-order valence-electron chi connectivity index (χ4n) is 1.34. The zero-order valence-electron chi connectivity index (χ0n) is 11.9. The summed E-state index contributed by atoms with van der Waals surface area (Å²) in [5, 5.41) is 7.78. The summed E-state index contributed by atoms with van der Waals surface area (Å²) in [5.41, 5.74) is 5.69. The molecule has 0 aliphatic carbocycles. The van der Waals surface area contributed by atoms with E-state index in [0.29, 0.717) is 25.0 Å². The summed E-state index contributed by atoms with van der Waals surface area (Å²) in [6.45, 7) is 6.25. The predicted octanol–water partition coefficient (Wildman–Crippen LogP) is 2.05. The van der Waals surface area contributed by atoms with Crippen molar-refractivity contribution in [2.75, 3.05) is 19.6 Å². The third kappa shape index (κ3) is 8.36. The maximum Gasteiger partial charge on any atom is 0.261 e. The van der Waals surface area contributed by atoms with Gasteiger partial charge in [0.1, 0.15) is 0 Å². The summed E-state index contributed by atoms with van der Waals surface area (Å²) < 4.78 is 0. The molecule has 0 bridgehead atoms. The Kier molecular flexibility index (Phi) is 10.4. The largest absolute Gasteiger partial charge is 0.370 e. The SMILES string of the molecule is CC(C)CN=C(N)NCCCNC(=O)c1cccs1.I. The molecule has 0 aromatic carbocycles. The number of nitrogens with zero attached hydrogens (tertiary/aromatic N) is 1. The Morgan fingerprint density at radius 1 is 1.40 bits per heavy atom. The van der Waals surface area contributed by atoms with Gasteiger partial charge in [-0.15, -0.1) is 35.3 Å². The summed E-state index contributed by atoms with van der Waals surface area (Å²) in [6, 6.07) is 3.68. The van der Waals surface area contributed by atoms with Gasteiger partial charge in [0.25, 0.3) is 5.91 Å². The number of nitrogens with one attached hydrogen (secondary N) is 2. The number of carbonyl (C=O) groups excluding carboxylic acids is 1. The first-order chi connectivity index (χ1) is 9.09. The maximum atomic E-state index is 11.6. The Morgan fingerprint density at radius 3 is 2.70 bits per heavy atom. The van der Waals surface area contributed by atoms with Crippen LogP contribution in [-0.4, -0.2) is 31.5 Å². The van der Waals surface area contributed by atoms with Crippen LogP contribution in [0.4, 0.5) is 0 Å². The topological polar surface area (TPSA) is 79.5 Å². The van der Waals surface area contributed by atoms with Crippen molar-refractivity contribution in [3.05, 3.63) is 22.4 Å². The molecule has 114 valence electrons. The summed E-state index contributed by atoms with van der Waals surface area (Å²) in [7, 11) is 0. The van der Waals surface area contributed by atoms with E-state index < -0.39 is 0 Å². The second kappa shape index (κ2) is 10.9. The number of thiophene rings is 1. The van der Waals surface area contributed by atoms with Crippen molar-refractivity contribution in [2.24, 2.45) is 16.6 Å². The lowest BCUT2D eigenvalue weighted by atomic mass is 10.2. The van der Waals surface area contributed by atoms with Crippen LogP contribution in [0.2, 0.25) is 0 Å². The van der Waals surface area contributed by atoms with Crippen molar-refractivity contribution < 1.29 is 4.79 Å². The number of hydrogen-bond donors (Lipinski definition) is 3. The summed E-state index contributed by atoms with van der Waals surface area (Å²) >= 11 is 1.44. The van der Waals surface area contributed by atoms with Crippen LogP contribution < -0.4 is 16.4 Å². The lowest BCUT2D eigenvalue weighted by Gasteiger charge is -2.07. The molecule has 5 nitrogen and oxygen atoms in total. The highest BCUT2D eigenvalue weighted by atomic mass is 127. The van der Waals surface area contributed by atoms with E-state index in [1.165, 1.54) is 11.3 Å². The van der Waals surface area contributed by atoms with E-state index in [-0.39, 0.29) is 29.9 Å². The van der Waals surface area contributed by atoms with Gasteiger partial charge in [-0.2, -0.15) is 0 Å². The number of halogens is 1. The van der Waals surface area contributed by atoms with E-state index in [9.17, 15) is 4.79 Å². The first-order valence-corrected chi connectivity index (χ1v) is 7.33. The number of aliphatic imine (C=N–C) groups is 1. The molecule has 1 amide bonds. The normalized spacial score (nSPS) is 11.1. The first kappa shape index (κ1) is 19.2. The van der Waals surface area contributed by atoms with Gasteiger partial charge in [-0.1, -0.05) is 19.9 Å². The smallest absolute Gasteiger partial charge is 0.261 e. The van der Waals surface area contributed by atoms with Crippen LogP contribution in [0.3, 0.4) is 0 Å². The quantitative estimate of drug-likeness (QED) is 0.279. The molecule has 20 heavy (non-hydrogen) atoms. The second-order valence-electron chi connectivity index (χ2n) is 4.63. The van der Waals surface area contributed by atoms with E-state index >= 15 is 0 Å². The Morgan fingerprint density at radius 2 is 2.10 bits per heavy atom. The molecule has 1 aromatic rings. The van der Waals surface area contributed by atoms with Crippen molar-refractivity contribution in [3.8, 4) is 0 Å². The summed E-state index contributed by atoms with van der Waals surface area (Å²) in [5.74, 6) is 0.958. The van der Waals surface area contributed by atoms with E-state index in [4.69, 9.17) is 5.73 Å². The highest BCUT2D eigenvalue weighted by Gasteiger charge is 2.04. The van der Waals surface area contributed by atoms with Crippen LogP contribution in [0.5, 0.6) is 0 Å². The van der Waals surface area contributed by atoms with Gasteiger partial charge >= 0.3 is 0 Å². The summed E-state index contributed by atoms with van der Waals surface area (Å²) in [6.07, 6.45) is 0.814. The fraction of sp³-hybridized carbons (Fsp3) is 0.538. The van der Waals surface area contributed by atoms with Crippen molar-refractivity contribution in [1.82, 2.24) is 10.6 Å². The summed E-state index contributed by atoms with van der Waals surface area (Å²) in [4.78, 5) is 16.5. The Bertz CT molecular complexity index is 407. The number of guanidine groups is 1. The van der Waals surface area contributed by atoms with E-state index in [2.05, 4.69) is 29.5 Å². The maximum absolute atomic E-state index is 11.6. The number of amides is 1. The molecule has 4 N–H and O–H groups in total. The molecule has 0 aliphatic rings. The van der Waals surface area contributed by atoms with E-state index in [1.54, 1.807) is 0 Å². The molecule has 1 aromatic heterocycles. The van der Waals surface area contributed by atoms with Crippen LogP contribution in [0.1, 0.15) is 29.9 Å². The zero-order valence-corrected chi connectivity index (χ0v) is 15.0. The first-order valence-electron chi connectivity index (χ1n) is 6.45. The molecule has 0 spiro atoms. The molecule has 0 fully saturated rings. The molecule has 0 atom stereocenters. The molecule has 0 saturated heterocycles. The second-order valence-corrected chi connectivity index (χ2v) is 5.58. The average Bonchev–Trinajstić information content (AvgIpc) is 2.89. The number of nitrogens with two attached hydrogens (primary N) is 1. The molecular formula is C13H23IN4OS. The monoisotopic (exact) mass is 410 g/mol. The van der Waals surface area contributed by atoms with Gasteiger partial charge in [-0.05, 0) is 23.8 Å². The molecule has 7 heteroatoms. The number of carbonyl (C=O) groups is 1. The van der Waals surface area contributed by atoms with Crippen molar-refractivity contribution in [1.29, 1.82) is 0 Å². The van der Waals surface area contributed by atoms with Gasteiger partial charge in [0.05, 0.1) is 4.88 Å². The van der Waals surface area contributed by atoms with Crippen molar-refractivity contribution in [3.63, 3.8) is 0 Å². The van der Waals surface area contributed by atoms with Crippen LogP contribution in [0, 0.1) is 5.92 Å². The van der Waals surface area contributed by atoms with Gasteiger partial charge in [-0.3, -0.25) is 9.79 Å². The lowest BCUT2D eigenvalue weighted by molar-refractivity contribution is 0.0957.